The van der Waals surface area contributed by atoms with Crippen molar-refractivity contribution in [2.45, 2.75) is 13.5 Å². The standard InChI is InChI=1S/C13H14BrNO/c1-2-15-9-13-12(6-7-16-13)10-4-3-5-11(14)8-10/h3-8,15H,2,9H2,1H3. The first-order chi connectivity index (χ1) is 7.81. The van der Waals surface area contributed by atoms with Crippen molar-refractivity contribution in [2.75, 3.05) is 6.54 Å². The summed E-state index contributed by atoms with van der Waals surface area (Å²) in [6.07, 6.45) is 1.74. The van der Waals surface area contributed by atoms with Crippen LogP contribution in [0.15, 0.2) is 45.5 Å². The van der Waals surface area contributed by atoms with Crippen LogP contribution in [0.5, 0.6) is 0 Å². The molecule has 1 aromatic heterocycles. The van der Waals surface area contributed by atoms with E-state index in [0.717, 1.165) is 28.9 Å². The fourth-order valence-electron chi connectivity index (χ4n) is 1.63. The lowest BCUT2D eigenvalue weighted by atomic mass is 10.1. The lowest BCUT2D eigenvalue weighted by Crippen LogP contribution is -2.11. The van der Waals surface area contributed by atoms with Crippen LogP contribution in [-0.4, -0.2) is 6.54 Å². The number of nitrogens with one attached hydrogen (secondary N) is 1. The molecule has 0 amide bonds. The van der Waals surface area contributed by atoms with Crippen LogP contribution in [0.4, 0.5) is 0 Å². The summed E-state index contributed by atoms with van der Waals surface area (Å²) in [6, 6.07) is 10.2. The van der Waals surface area contributed by atoms with E-state index < -0.39 is 0 Å². The first-order valence-corrected chi connectivity index (χ1v) is 6.13. The van der Waals surface area contributed by atoms with Crippen molar-refractivity contribution in [3.63, 3.8) is 0 Å². The van der Waals surface area contributed by atoms with Gasteiger partial charge in [-0.15, -0.1) is 0 Å². The third-order valence-electron chi connectivity index (χ3n) is 2.42. The van der Waals surface area contributed by atoms with Gasteiger partial charge in [0, 0.05) is 10.0 Å². The molecule has 0 radical (unpaired) electrons. The van der Waals surface area contributed by atoms with E-state index in [-0.39, 0.29) is 0 Å². The Morgan fingerprint density at radius 3 is 2.94 bits per heavy atom. The zero-order chi connectivity index (χ0) is 11.4. The van der Waals surface area contributed by atoms with Gasteiger partial charge in [-0.2, -0.15) is 0 Å². The normalized spacial score (nSPS) is 10.6. The molecule has 2 rings (SSSR count). The molecule has 2 aromatic rings. The first kappa shape index (κ1) is 11.4. The summed E-state index contributed by atoms with van der Waals surface area (Å²) in [5, 5.41) is 3.27. The van der Waals surface area contributed by atoms with Gasteiger partial charge in [-0.3, -0.25) is 0 Å². The molecule has 0 aliphatic carbocycles. The van der Waals surface area contributed by atoms with Gasteiger partial charge in [0.05, 0.1) is 12.8 Å². The highest BCUT2D eigenvalue weighted by Gasteiger charge is 2.07. The zero-order valence-corrected chi connectivity index (χ0v) is 10.8. The van der Waals surface area contributed by atoms with Crippen molar-refractivity contribution in [3.8, 4) is 11.1 Å². The molecule has 0 saturated heterocycles. The highest BCUT2D eigenvalue weighted by Crippen LogP contribution is 2.27. The van der Waals surface area contributed by atoms with Crippen molar-refractivity contribution in [1.82, 2.24) is 5.32 Å². The van der Waals surface area contributed by atoms with Crippen LogP contribution in [0.2, 0.25) is 0 Å². The zero-order valence-electron chi connectivity index (χ0n) is 9.16. The van der Waals surface area contributed by atoms with Gasteiger partial charge < -0.3 is 9.73 Å². The molecule has 0 atom stereocenters. The molecule has 2 nitrogen and oxygen atoms in total. The molecule has 84 valence electrons. The molecule has 0 saturated carbocycles. The summed E-state index contributed by atoms with van der Waals surface area (Å²) in [5.74, 6) is 0.986. The number of halogens is 1. The van der Waals surface area contributed by atoms with E-state index in [2.05, 4.69) is 40.3 Å². The topological polar surface area (TPSA) is 25.2 Å². The Labute approximate surface area is 104 Å². The Hall–Kier alpha value is -1.06. The van der Waals surface area contributed by atoms with Crippen LogP contribution >= 0.6 is 15.9 Å². The molecule has 0 spiro atoms. The fourth-order valence-corrected chi connectivity index (χ4v) is 2.03. The average molecular weight is 280 g/mol. The Morgan fingerprint density at radius 2 is 2.19 bits per heavy atom. The molecular formula is C13H14BrNO. The molecule has 0 unspecified atom stereocenters. The number of furan rings is 1. The molecule has 0 aliphatic heterocycles. The highest BCUT2D eigenvalue weighted by atomic mass is 79.9. The minimum absolute atomic E-state index is 0.769. The van der Waals surface area contributed by atoms with Crippen molar-refractivity contribution in [1.29, 1.82) is 0 Å². The van der Waals surface area contributed by atoms with Gasteiger partial charge in [0.15, 0.2) is 0 Å². The maximum Gasteiger partial charge on any atom is 0.125 e. The van der Waals surface area contributed by atoms with Crippen molar-refractivity contribution >= 4 is 15.9 Å². The van der Waals surface area contributed by atoms with Gasteiger partial charge in [-0.05, 0) is 30.3 Å². The van der Waals surface area contributed by atoms with Crippen LogP contribution in [0.25, 0.3) is 11.1 Å². The van der Waals surface area contributed by atoms with Gasteiger partial charge in [0.1, 0.15) is 5.76 Å². The summed E-state index contributed by atoms with van der Waals surface area (Å²) in [7, 11) is 0. The minimum Gasteiger partial charge on any atom is -0.467 e. The van der Waals surface area contributed by atoms with Gasteiger partial charge in [0.25, 0.3) is 0 Å². The van der Waals surface area contributed by atoms with Crippen LogP contribution in [0.3, 0.4) is 0 Å². The van der Waals surface area contributed by atoms with Crippen molar-refractivity contribution in [3.05, 3.63) is 46.8 Å². The molecular weight excluding hydrogens is 266 g/mol. The molecule has 1 N–H and O–H groups in total. The van der Waals surface area contributed by atoms with E-state index in [9.17, 15) is 0 Å². The largest absolute Gasteiger partial charge is 0.467 e. The van der Waals surface area contributed by atoms with Gasteiger partial charge in [-0.1, -0.05) is 35.0 Å². The molecule has 0 aliphatic rings. The van der Waals surface area contributed by atoms with Gasteiger partial charge >= 0.3 is 0 Å². The average Bonchev–Trinajstić information content (AvgIpc) is 2.74. The second-order valence-corrected chi connectivity index (χ2v) is 4.46. The molecule has 0 fully saturated rings. The second kappa shape index (κ2) is 5.32. The Balaban J connectivity index is 2.29. The summed E-state index contributed by atoms with van der Waals surface area (Å²) < 4.78 is 6.57. The quantitative estimate of drug-likeness (QED) is 0.921. The summed E-state index contributed by atoms with van der Waals surface area (Å²) in [4.78, 5) is 0. The van der Waals surface area contributed by atoms with E-state index in [1.165, 1.54) is 5.56 Å². The summed E-state index contributed by atoms with van der Waals surface area (Å²) >= 11 is 3.48. The minimum atomic E-state index is 0.769. The first-order valence-electron chi connectivity index (χ1n) is 5.34. The predicted molar refractivity (Wildman–Crippen MR) is 69.2 cm³/mol. The number of rotatable bonds is 4. The maximum atomic E-state index is 5.48. The van der Waals surface area contributed by atoms with Crippen LogP contribution in [0, 0.1) is 0 Å². The van der Waals surface area contributed by atoms with Crippen molar-refractivity contribution in [2.24, 2.45) is 0 Å². The van der Waals surface area contributed by atoms with Crippen LogP contribution in [-0.2, 0) is 6.54 Å². The van der Waals surface area contributed by atoms with E-state index >= 15 is 0 Å². The smallest absolute Gasteiger partial charge is 0.125 e. The second-order valence-electron chi connectivity index (χ2n) is 3.55. The lowest BCUT2D eigenvalue weighted by Gasteiger charge is -2.03. The van der Waals surface area contributed by atoms with E-state index in [1.54, 1.807) is 6.26 Å². The monoisotopic (exact) mass is 279 g/mol. The number of hydrogen-bond acceptors (Lipinski definition) is 2. The Kier molecular flexibility index (Phi) is 3.80. The van der Waals surface area contributed by atoms with Crippen LogP contribution < -0.4 is 5.32 Å². The van der Waals surface area contributed by atoms with E-state index in [0.29, 0.717) is 0 Å². The molecule has 1 heterocycles. The molecule has 1 aromatic carbocycles. The summed E-state index contributed by atoms with van der Waals surface area (Å²) in [6.45, 7) is 3.80. The van der Waals surface area contributed by atoms with Crippen LogP contribution in [0.1, 0.15) is 12.7 Å². The number of hydrogen-bond donors (Lipinski definition) is 1. The molecule has 3 heteroatoms. The summed E-state index contributed by atoms with van der Waals surface area (Å²) in [5.41, 5.74) is 2.33. The highest BCUT2D eigenvalue weighted by molar-refractivity contribution is 9.10. The SMILES string of the molecule is CCNCc1occc1-c1cccc(Br)c1. The fraction of sp³-hybridized carbons (Fsp3) is 0.231. The van der Waals surface area contributed by atoms with Crippen molar-refractivity contribution < 1.29 is 4.42 Å². The lowest BCUT2D eigenvalue weighted by molar-refractivity contribution is 0.489. The third kappa shape index (κ3) is 2.54. The number of benzene rings is 1. The molecule has 16 heavy (non-hydrogen) atoms. The Morgan fingerprint density at radius 1 is 1.31 bits per heavy atom. The predicted octanol–water partition coefficient (Wildman–Crippen LogP) is 3.82. The van der Waals surface area contributed by atoms with Gasteiger partial charge in [0.2, 0.25) is 0 Å². The molecule has 0 bridgehead atoms. The Bertz CT molecular complexity index is 464. The van der Waals surface area contributed by atoms with E-state index in [1.807, 2.05) is 18.2 Å². The third-order valence-corrected chi connectivity index (χ3v) is 2.91. The maximum absolute atomic E-state index is 5.48. The van der Waals surface area contributed by atoms with Gasteiger partial charge in [-0.25, -0.2) is 0 Å². The van der Waals surface area contributed by atoms with E-state index in [4.69, 9.17) is 4.42 Å².